The van der Waals surface area contributed by atoms with Crippen molar-refractivity contribution in [2.24, 2.45) is 0 Å². The molecule has 0 saturated carbocycles. The van der Waals surface area contributed by atoms with Crippen molar-refractivity contribution in [1.29, 1.82) is 0 Å². The van der Waals surface area contributed by atoms with Crippen LogP contribution in [0.25, 0.3) is 0 Å². The molecule has 1 heterocycles. The highest BCUT2D eigenvalue weighted by Crippen LogP contribution is 2.01. The molecule has 0 aromatic heterocycles. The second kappa shape index (κ2) is 3.45. The average Bonchev–Trinajstić information content (AvgIpc) is 2.04. The Morgan fingerprint density at radius 1 is 1.73 bits per heavy atom. The van der Waals surface area contributed by atoms with Crippen LogP contribution in [-0.4, -0.2) is 42.7 Å². The molecule has 0 aliphatic carbocycles. The van der Waals surface area contributed by atoms with Crippen LogP contribution in [-0.2, 0) is 14.3 Å². The van der Waals surface area contributed by atoms with E-state index in [1.165, 1.54) is 0 Å². The minimum atomic E-state index is -1.05. The molecule has 2 unspecified atom stereocenters. The summed E-state index contributed by atoms with van der Waals surface area (Å²) in [6.07, 6.45) is -0.341. The van der Waals surface area contributed by atoms with Crippen molar-refractivity contribution in [2.75, 3.05) is 13.2 Å². The third-order valence-electron chi connectivity index (χ3n) is 1.51. The van der Waals surface area contributed by atoms with Gasteiger partial charge in [-0.3, -0.25) is 10.1 Å². The van der Waals surface area contributed by atoms with Crippen molar-refractivity contribution in [1.82, 2.24) is 5.32 Å². The van der Waals surface area contributed by atoms with Gasteiger partial charge in [-0.1, -0.05) is 0 Å². The third-order valence-corrected chi connectivity index (χ3v) is 1.51. The summed E-state index contributed by atoms with van der Waals surface area (Å²) >= 11 is 0. The Morgan fingerprint density at radius 3 is 2.91 bits per heavy atom. The zero-order valence-electron chi connectivity index (χ0n) is 5.82. The Hall–Kier alpha value is -0.940. The van der Waals surface area contributed by atoms with Gasteiger partial charge in [0.2, 0.25) is 0 Å². The zero-order chi connectivity index (χ0) is 8.27. The second-order valence-electron chi connectivity index (χ2n) is 2.24. The van der Waals surface area contributed by atoms with Crippen LogP contribution in [0.2, 0.25) is 0 Å². The number of ether oxygens (including phenoxy) is 1. The van der Waals surface area contributed by atoms with Gasteiger partial charge >= 0.3 is 5.97 Å². The van der Waals surface area contributed by atoms with Crippen LogP contribution in [0.1, 0.15) is 0 Å². The first-order valence-corrected chi connectivity index (χ1v) is 3.29. The monoisotopic (exact) mass is 159 g/mol. The van der Waals surface area contributed by atoms with E-state index in [0.29, 0.717) is 19.4 Å². The molecule has 1 saturated heterocycles. The topological polar surface area (TPSA) is 75.6 Å². The van der Waals surface area contributed by atoms with Crippen molar-refractivity contribution in [3.63, 3.8) is 0 Å². The number of aldehydes is 1. The molecule has 2 atom stereocenters. The molecule has 1 aliphatic rings. The lowest BCUT2D eigenvalue weighted by Crippen LogP contribution is -2.53. The van der Waals surface area contributed by atoms with Crippen LogP contribution < -0.4 is 5.32 Å². The standard InChI is InChI=1S/C6H9NO4/c8-3-4-5(6(9)10)7-1-2-11-4/h3-5,7H,1-2H2,(H,9,10). The maximum Gasteiger partial charge on any atom is 0.323 e. The Kier molecular flexibility index (Phi) is 2.56. The first kappa shape index (κ1) is 8.16. The van der Waals surface area contributed by atoms with Crippen molar-refractivity contribution in [3.05, 3.63) is 0 Å². The molecule has 62 valence electrons. The molecular formula is C6H9NO4. The van der Waals surface area contributed by atoms with Gasteiger partial charge < -0.3 is 14.6 Å². The maximum absolute atomic E-state index is 10.4. The van der Waals surface area contributed by atoms with E-state index >= 15 is 0 Å². The summed E-state index contributed by atoms with van der Waals surface area (Å²) in [7, 11) is 0. The summed E-state index contributed by atoms with van der Waals surface area (Å²) in [6, 6.07) is -0.888. The summed E-state index contributed by atoms with van der Waals surface area (Å²) in [4.78, 5) is 20.7. The lowest BCUT2D eigenvalue weighted by Gasteiger charge is -2.25. The van der Waals surface area contributed by atoms with Crippen molar-refractivity contribution >= 4 is 12.3 Å². The van der Waals surface area contributed by atoms with Gasteiger partial charge in [0.25, 0.3) is 0 Å². The second-order valence-corrected chi connectivity index (χ2v) is 2.24. The van der Waals surface area contributed by atoms with E-state index in [-0.39, 0.29) is 0 Å². The van der Waals surface area contributed by atoms with Gasteiger partial charge in [-0.25, -0.2) is 0 Å². The summed E-state index contributed by atoms with van der Waals surface area (Å²) in [5.41, 5.74) is 0. The molecule has 0 aromatic carbocycles. The van der Waals surface area contributed by atoms with Gasteiger partial charge in [0.05, 0.1) is 6.61 Å². The molecule has 1 aliphatic heterocycles. The fraction of sp³-hybridized carbons (Fsp3) is 0.667. The first-order chi connectivity index (χ1) is 5.25. The molecule has 1 rings (SSSR count). The number of carboxylic acids is 1. The predicted molar refractivity (Wildman–Crippen MR) is 35.2 cm³/mol. The van der Waals surface area contributed by atoms with Gasteiger partial charge in [-0.2, -0.15) is 0 Å². The molecule has 5 heteroatoms. The Bertz CT molecular complexity index is 170. The van der Waals surface area contributed by atoms with E-state index < -0.39 is 18.1 Å². The van der Waals surface area contributed by atoms with Gasteiger partial charge in [0.15, 0.2) is 6.29 Å². The van der Waals surface area contributed by atoms with Gasteiger partial charge in [0, 0.05) is 6.54 Å². The highest BCUT2D eigenvalue weighted by atomic mass is 16.5. The smallest absolute Gasteiger partial charge is 0.323 e. The van der Waals surface area contributed by atoms with Crippen LogP contribution in [0.5, 0.6) is 0 Å². The summed E-state index contributed by atoms with van der Waals surface area (Å²) in [5.74, 6) is -1.05. The number of carbonyl (C=O) groups is 2. The molecule has 0 amide bonds. The summed E-state index contributed by atoms with van der Waals surface area (Å²) in [5, 5.41) is 11.2. The largest absolute Gasteiger partial charge is 0.480 e. The number of carbonyl (C=O) groups excluding carboxylic acids is 1. The SMILES string of the molecule is O=CC1OCCNC1C(=O)O. The maximum atomic E-state index is 10.4. The predicted octanol–water partition coefficient (Wildman–Crippen LogP) is -1.37. The Balaban J connectivity index is 2.58. The molecular weight excluding hydrogens is 150 g/mol. The number of aliphatic carboxylic acids is 1. The van der Waals surface area contributed by atoms with Gasteiger partial charge in [-0.15, -0.1) is 0 Å². The van der Waals surface area contributed by atoms with Crippen LogP contribution in [0.4, 0.5) is 0 Å². The van der Waals surface area contributed by atoms with E-state index in [2.05, 4.69) is 5.32 Å². The number of nitrogens with one attached hydrogen (secondary N) is 1. The van der Waals surface area contributed by atoms with Gasteiger partial charge in [0.1, 0.15) is 12.1 Å². The van der Waals surface area contributed by atoms with Crippen LogP contribution in [0, 0.1) is 0 Å². The number of carboxylic acid groups (broad SMARTS) is 1. The minimum absolute atomic E-state index is 0.382. The molecule has 0 radical (unpaired) electrons. The fourth-order valence-corrected chi connectivity index (χ4v) is 0.967. The third kappa shape index (κ3) is 1.75. The number of hydrogen-bond donors (Lipinski definition) is 2. The fourth-order valence-electron chi connectivity index (χ4n) is 0.967. The average molecular weight is 159 g/mol. The Morgan fingerprint density at radius 2 is 2.45 bits per heavy atom. The van der Waals surface area contributed by atoms with Crippen LogP contribution in [0.15, 0.2) is 0 Å². The molecule has 0 aromatic rings. The van der Waals surface area contributed by atoms with Crippen molar-refractivity contribution in [3.8, 4) is 0 Å². The lowest BCUT2D eigenvalue weighted by molar-refractivity contribution is -0.149. The van der Waals surface area contributed by atoms with E-state index in [1.807, 2.05) is 0 Å². The normalized spacial score (nSPS) is 31.3. The van der Waals surface area contributed by atoms with E-state index in [1.54, 1.807) is 0 Å². The quantitative estimate of drug-likeness (QED) is 0.486. The van der Waals surface area contributed by atoms with Crippen LogP contribution in [0.3, 0.4) is 0 Å². The van der Waals surface area contributed by atoms with E-state index in [4.69, 9.17) is 9.84 Å². The molecule has 0 bridgehead atoms. The zero-order valence-corrected chi connectivity index (χ0v) is 5.82. The van der Waals surface area contributed by atoms with Crippen LogP contribution >= 0.6 is 0 Å². The number of morpholine rings is 1. The molecule has 5 nitrogen and oxygen atoms in total. The van der Waals surface area contributed by atoms with Crippen molar-refractivity contribution in [2.45, 2.75) is 12.1 Å². The Labute approximate surface area is 63.3 Å². The highest BCUT2D eigenvalue weighted by molar-refractivity contribution is 5.79. The molecule has 11 heavy (non-hydrogen) atoms. The molecule has 2 N–H and O–H groups in total. The van der Waals surface area contributed by atoms with E-state index in [0.717, 1.165) is 0 Å². The first-order valence-electron chi connectivity index (χ1n) is 3.29. The summed E-state index contributed by atoms with van der Waals surface area (Å²) in [6.45, 7) is 0.856. The highest BCUT2D eigenvalue weighted by Gasteiger charge is 2.30. The van der Waals surface area contributed by atoms with E-state index in [9.17, 15) is 9.59 Å². The lowest BCUT2D eigenvalue weighted by atomic mass is 10.1. The minimum Gasteiger partial charge on any atom is -0.480 e. The number of hydrogen-bond acceptors (Lipinski definition) is 4. The molecule has 1 fully saturated rings. The van der Waals surface area contributed by atoms with Crippen molar-refractivity contribution < 1.29 is 19.4 Å². The summed E-state index contributed by atoms with van der Waals surface area (Å²) < 4.78 is 4.89. The van der Waals surface area contributed by atoms with Gasteiger partial charge in [-0.05, 0) is 0 Å². The number of rotatable bonds is 2. The molecule has 0 spiro atoms.